The van der Waals surface area contributed by atoms with Gasteiger partial charge in [-0.2, -0.15) is 0 Å². The van der Waals surface area contributed by atoms with Crippen LogP contribution in [0.4, 0.5) is 5.69 Å². The molecule has 1 heterocycles. The Morgan fingerprint density at radius 1 is 1.28 bits per heavy atom. The van der Waals surface area contributed by atoms with Crippen LogP contribution in [0.15, 0.2) is 29.6 Å². The van der Waals surface area contributed by atoms with Gasteiger partial charge in [0.15, 0.2) is 0 Å². The molecule has 1 aromatic heterocycles. The Labute approximate surface area is 113 Å². The SMILES string of the molecule is CNC(Cc1ccc(C)cc1N)c1sccc1C. The number of likely N-dealkylation sites (N-methyl/N-ethyl adjacent to an activating group) is 1. The fraction of sp³-hybridized carbons (Fsp3) is 0.333. The lowest BCUT2D eigenvalue weighted by atomic mass is 10.00. The highest BCUT2D eigenvalue weighted by molar-refractivity contribution is 7.10. The van der Waals surface area contributed by atoms with E-state index in [-0.39, 0.29) is 0 Å². The third kappa shape index (κ3) is 2.74. The normalized spacial score (nSPS) is 12.6. The molecule has 0 fully saturated rings. The molecule has 2 nitrogen and oxygen atoms in total. The summed E-state index contributed by atoms with van der Waals surface area (Å²) in [5.74, 6) is 0. The molecule has 1 aromatic carbocycles. The summed E-state index contributed by atoms with van der Waals surface area (Å²) in [6.07, 6.45) is 0.934. The van der Waals surface area contributed by atoms with Gasteiger partial charge >= 0.3 is 0 Å². The van der Waals surface area contributed by atoms with Crippen LogP contribution < -0.4 is 11.1 Å². The molecule has 1 atom stereocenters. The van der Waals surface area contributed by atoms with Crippen LogP contribution in [0.5, 0.6) is 0 Å². The Kier molecular flexibility index (Phi) is 4.04. The van der Waals surface area contributed by atoms with Gasteiger partial charge in [-0.15, -0.1) is 11.3 Å². The van der Waals surface area contributed by atoms with Crippen molar-refractivity contribution in [2.75, 3.05) is 12.8 Å². The minimum absolute atomic E-state index is 0.343. The molecule has 2 aromatic rings. The molecule has 0 amide bonds. The molecule has 2 rings (SSSR count). The molecule has 0 aliphatic heterocycles. The lowest BCUT2D eigenvalue weighted by Crippen LogP contribution is -2.19. The zero-order valence-corrected chi connectivity index (χ0v) is 12.0. The van der Waals surface area contributed by atoms with Gasteiger partial charge in [-0.1, -0.05) is 12.1 Å². The number of hydrogen-bond acceptors (Lipinski definition) is 3. The van der Waals surface area contributed by atoms with E-state index in [1.54, 1.807) is 0 Å². The van der Waals surface area contributed by atoms with Crippen LogP contribution in [0.25, 0.3) is 0 Å². The van der Waals surface area contributed by atoms with Crippen molar-refractivity contribution in [3.05, 3.63) is 51.2 Å². The fourth-order valence-corrected chi connectivity index (χ4v) is 3.23. The van der Waals surface area contributed by atoms with Crippen molar-refractivity contribution in [3.63, 3.8) is 0 Å². The molecular weight excluding hydrogens is 240 g/mol. The Morgan fingerprint density at radius 3 is 2.61 bits per heavy atom. The molecule has 0 radical (unpaired) electrons. The first kappa shape index (κ1) is 13.1. The zero-order chi connectivity index (χ0) is 13.1. The van der Waals surface area contributed by atoms with Crippen molar-refractivity contribution < 1.29 is 0 Å². The predicted octanol–water partition coefficient (Wildman–Crippen LogP) is 3.45. The van der Waals surface area contributed by atoms with E-state index < -0.39 is 0 Å². The molecule has 0 saturated heterocycles. The number of nitrogens with two attached hydrogens (primary N) is 1. The van der Waals surface area contributed by atoms with Gasteiger partial charge in [0.1, 0.15) is 0 Å². The monoisotopic (exact) mass is 260 g/mol. The lowest BCUT2D eigenvalue weighted by Gasteiger charge is -2.17. The van der Waals surface area contributed by atoms with Gasteiger partial charge in [0.2, 0.25) is 0 Å². The second-order valence-corrected chi connectivity index (χ2v) is 5.66. The quantitative estimate of drug-likeness (QED) is 0.826. The van der Waals surface area contributed by atoms with Gasteiger partial charge in [-0.25, -0.2) is 0 Å². The average Bonchev–Trinajstić information content (AvgIpc) is 2.75. The summed E-state index contributed by atoms with van der Waals surface area (Å²) in [4.78, 5) is 1.40. The van der Waals surface area contributed by atoms with E-state index in [9.17, 15) is 0 Å². The third-order valence-corrected chi connectivity index (χ3v) is 4.42. The van der Waals surface area contributed by atoms with E-state index in [1.807, 2.05) is 24.5 Å². The Balaban J connectivity index is 2.23. The van der Waals surface area contributed by atoms with Crippen LogP contribution in [0.2, 0.25) is 0 Å². The van der Waals surface area contributed by atoms with Crippen molar-refractivity contribution in [1.29, 1.82) is 0 Å². The minimum Gasteiger partial charge on any atom is -0.398 e. The molecular formula is C15H20N2S. The first-order valence-corrected chi connectivity index (χ1v) is 7.06. The average molecular weight is 260 g/mol. The molecule has 96 valence electrons. The largest absolute Gasteiger partial charge is 0.398 e. The molecule has 1 unspecified atom stereocenters. The maximum Gasteiger partial charge on any atom is 0.0456 e. The summed E-state index contributed by atoms with van der Waals surface area (Å²) in [5.41, 5.74) is 10.8. The smallest absolute Gasteiger partial charge is 0.0456 e. The van der Waals surface area contributed by atoms with Crippen LogP contribution in [0.1, 0.15) is 27.6 Å². The Hall–Kier alpha value is -1.32. The molecule has 3 N–H and O–H groups in total. The van der Waals surface area contributed by atoms with Gasteiger partial charge in [0.05, 0.1) is 0 Å². The van der Waals surface area contributed by atoms with Crippen LogP contribution in [-0.4, -0.2) is 7.05 Å². The Bertz CT molecular complexity index is 531. The number of anilines is 1. The van der Waals surface area contributed by atoms with E-state index in [4.69, 9.17) is 5.73 Å². The number of nitrogen functional groups attached to an aromatic ring is 1. The summed E-state index contributed by atoms with van der Waals surface area (Å²) < 4.78 is 0. The number of benzene rings is 1. The topological polar surface area (TPSA) is 38.0 Å². The third-order valence-electron chi connectivity index (χ3n) is 3.29. The summed E-state index contributed by atoms with van der Waals surface area (Å²) >= 11 is 1.81. The van der Waals surface area contributed by atoms with Gasteiger partial charge in [-0.3, -0.25) is 0 Å². The number of thiophene rings is 1. The zero-order valence-electron chi connectivity index (χ0n) is 11.2. The highest BCUT2D eigenvalue weighted by Gasteiger charge is 2.15. The van der Waals surface area contributed by atoms with E-state index in [0.29, 0.717) is 6.04 Å². The van der Waals surface area contributed by atoms with Crippen molar-refractivity contribution >= 4 is 17.0 Å². The fourth-order valence-electron chi connectivity index (χ4n) is 2.19. The van der Waals surface area contributed by atoms with Gasteiger partial charge in [0.25, 0.3) is 0 Å². The molecule has 0 aliphatic rings. The van der Waals surface area contributed by atoms with Crippen molar-refractivity contribution in [2.45, 2.75) is 26.3 Å². The molecule has 3 heteroatoms. The first-order valence-electron chi connectivity index (χ1n) is 6.18. The summed E-state index contributed by atoms with van der Waals surface area (Å²) in [7, 11) is 2.01. The van der Waals surface area contributed by atoms with Gasteiger partial charge < -0.3 is 11.1 Å². The Morgan fingerprint density at radius 2 is 2.06 bits per heavy atom. The molecule has 0 saturated carbocycles. The maximum absolute atomic E-state index is 6.09. The second-order valence-electron chi connectivity index (χ2n) is 4.72. The molecule has 0 spiro atoms. The molecule has 0 aliphatic carbocycles. The van der Waals surface area contributed by atoms with E-state index in [0.717, 1.165) is 12.1 Å². The van der Waals surface area contributed by atoms with Gasteiger partial charge in [-0.05, 0) is 61.5 Å². The van der Waals surface area contributed by atoms with Crippen molar-refractivity contribution in [3.8, 4) is 0 Å². The molecule has 18 heavy (non-hydrogen) atoms. The van der Waals surface area contributed by atoms with E-state index in [1.165, 1.54) is 21.6 Å². The summed E-state index contributed by atoms with van der Waals surface area (Å²) in [6.45, 7) is 4.23. The minimum atomic E-state index is 0.343. The second kappa shape index (κ2) is 5.55. The summed E-state index contributed by atoms with van der Waals surface area (Å²) in [5, 5.41) is 5.54. The van der Waals surface area contributed by atoms with E-state index in [2.05, 4.69) is 42.7 Å². The predicted molar refractivity (Wildman–Crippen MR) is 80.2 cm³/mol. The number of aryl methyl sites for hydroxylation is 2. The number of hydrogen-bond donors (Lipinski definition) is 2. The highest BCUT2D eigenvalue weighted by Crippen LogP contribution is 2.28. The first-order chi connectivity index (χ1) is 8.61. The molecule has 0 bridgehead atoms. The van der Waals surface area contributed by atoms with Crippen molar-refractivity contribution in [2.24, 2.45) is 0 Å². The summed E-state index contributed by atoms with van der Waals surface area (Å²) in [6, 6.07) is 8.82. The van der Waals surface area contributed by atoms with Crippen LogP contribution in [0, 0.1) is 13.8 Å². The number of rotatable bonds is 4. The standard InChI is InChI=1S/C15H20N2S/c1-10-4-5-12(13(16)8-10)9-14(17-3)15-11(2)6-7-18-15/h4-8,14,17H,9,16H2,1-3H3. The number of nitrogens with one attached hydrogen (secondary N) is 1. The highest BCUT2D eigenvalue weighted by atomic mass is 32.1. The van der Waals surface area contributed by atoms with Crippen LogP contribution >= 0.6 is 11.3 Å². The maximum atomic E-state index is 6.09. The van der Waals surface area contributed by atoms with Crippen LogP contribution in [-0.2, 0) is 6.42 Å². The van der Waals surface area contributed by atoms with Gasteiger partial charge in [0, 0.05) is 16.6 Å². The van der Waals surface area contributed by atoms with E-state index >= 15 is 0 Å². The van der Waals surface area contributed by atoms with Crippen molar-refractivity contribution in [1.82, 2.24) is 5.32 Å². The lowest BCUT2D eigenvalue weighted by molar-refractivity contribution is 0.600. The van der Waals surface area contributed by atoms with Crippen LogP contribution in [0.3, 0.4) is 0 Å².